The van der Waals surface area contributed by atoms with Gasteiger partial charge in [0, 0.05) is 5.56 Å². The van der Waals surface area contributed by atoms with Crippen LogP contribution in [-0.2, 0) is 16.1 Å². The summed E-state index contributed by atoms with van der Waals surface area (Å²) < 4.78 is 27.9. The van der Waals surface area contributed by atoms with E-state index in [1.165, 1.54) is 50.6 Å². The summed E-state index contributed by atoms with van der Waals surface area (Å²) in [5.74, 6) is -1.45. The van der Waals surface area contributed by atoms with Gasteiger partial charge in [0.1, 0.15) is 18.2 Å². The van der Waals surface area contributed by atoms with Gasteiger partial charge in [-0.05, 0) is 30.3 Å². The van der Waals surface area contributed by atoms with Gasteiger partial charge in [-0.1, -0.05) is 17.7 Å². The van der Waals surface area contributed by atoms with Crippen molar-refractivity contribution >= 4 is 23.5 Å². The van der Waals surface area contributed by atoms with Crippen LogP contribution < -0.4 is 4.74 Å². The van der Waals surface area contributed by atoms with Crippen molar-refractivity contribution in [1.29, 1.82) is 0 Å². The number of rotatable bonds is 5. The first-order chi connectivity index (χ1) is 11.4. The Hall–Kier alpha value is -2.60. The molecular weight excluding hydrogens is 339 g/mol. The molecule has 0 amide bonds. The zero-order valence-corrected chi connectivity index (χ0v) is 13.7. The van der Waals surface area contributed by atoms with Crippen molar-refractivity contribution in [3.63, 3.8) is 0 Å². The molecule has 0 saturated heterocycles. The average molecular weight is 353 g/mol. The molecule has 126 valence electrons. The number of carbonyl (C=O) groups excluding carboxylic acids is 2. The van der Waals surface area contributed by atoms with Gasteiger partial charge < -0.3 is 14.2 Å². The first kappa shape index (κ1) is 17.7. The monoisotopic (exact) mass is 352 g/mol. The highest BCUT2D eigenvalue weighted by Crippen LogP contribution is 2.23. The zero-order chi connectivity index (χ0) is 17.7. The summed E-state index contributed by atoms with van der Waals surface area (Å²) in [6.45, 7) is 0.0321. The van der Waals surface area contributed by atoms with Gasteiger partial charge in [-0.15, -0.1) is 0 Å². The molecule has 0 radical (unpaired) electrons. The van der Waals surface area contributed by atoms with Gasteiger partial charge >= 0.3 is 11.9 Å². The lowest BCUT2D eigenvalue weighted by molar-refractivity contribution is 0.0598. The van der Waals surface area contributed by atoms with Crippen molar-refractivity contribution in [1.82, 2.24) is 0 Å². The second-order valence-electron chi connectivity index (χ2n) is 4.75. The maximum absolute atomic E-state index is 13.0. The number of benzene rings is 2. The van der Waals surface area contributed by atoms with E-state index in [0.29, 0.717) is 5.56 Å². The molecule has 0 aliphatic rings. The number of halogens is 2. The quantitative estimate of drug-likeness (QED) is 0.769. The summed E-state index contributed by atoms with van der Waals surface area (Å²) >= 11 is 5.94. The van der Waals surface area contributed by atoms with Crippen LogP contribution in [0.5, 0.6) is 5.75 Å². The molecule has 0 unspecified atom stereocenters. The lowest BCUT2D eigenvalue weighted by atomic mass is 10.1. The van der Waals surface area contributed by atoms with Crippen LogP contribution in [0.15, 0.2) is 36.4 Å². The van der Waals surface area contributed by atoms with E-state index >= 15 is 0 Å². The van der Waals surface area contributed by atoms with Crippen LogP contribution in [0.3, 0.4) is 0 Å². The van der Waals surface area contributed by atoms with E-state index in [2.05, 4.69) is 9.47 Å². The van der Waals surface area contributed by atoms with E-state index in [-0.39, 0.29) is 28.5 Å². The highest BCUT2D eigenvalue weighted by atomic mass is 35.5. The highest BCUT2D eigenvalue weighted by Gasteiger charge is 2.15. The van der Waals surface area contributed by atoms with Crippen molar-refractivity contribution in [3.05, 3.63) is 63.9 Å². The van der Waals surface area contributed by atoms with E-state index in [0.717, 1.165) is 0 Å². The Bertz CT molecular complexity index is 741. The van der Waals surface area contributed by atoms with E-state index < -0.39 is 17.8 Å². The lowest BCUT2D eigenvalue weighted by Crippen LogP contribution is -2.08. The molecule has 0 N–H and O–H groups in total. The lowest BCUT2D eigenvalue weighted by Gasteiger charge is -2.11. The van der Waals surface area contributed by atoms with Gasteiger partial charge in [0.15, 0.2) is 0 Å². The minimum absolute atomic E-state index is 0.0321. The van der Waals surface area contributed by atoms with Crippen molar-refractivity contribution < 1.29 is 28.2 Å². The van der Waals surface area contributed by atoms with Crippen LogP contribution in [0.4, 0.5) is 4.39 Å². The second kappa shape index (κ2) is 7.79. The summed E-state index contributed by atoms with van der Waals surface area (Å²) in [6, 6.07) is 8.12. The van der Waals surface area contributed by atoms with Crippen LogP contribution in [0.25, 0.3) is 0 Å². The number of hydrogen-bond donors (Lipinski definition) is 0. The van der Waals surface area contributed by atoms with Crippen LogP contribution in [0, 0.1) is 5.82 Å². The number of hydrogen-bond acceptors (Lipinski definition) is 5. The van der Waals surface area contributed by atoms with Gasteiger partial charge in [0.05, 0.1) is 30.4 Å². The molecule has 2 aromatic rings. The molecule has 0 fully saturated rings. The first-order valence-corrected chi connectivity index (χ1v) is 7.21. The number of ether oxygens (including phenoxy) is 3. The average Bonchev–Trinajstić information content (AvgIpc) is 2.59. The van der Waals surface area contributed by atoms with E-state index in [1.54, 1.807) is 0 Å². The molecule has 2 rings (SSSR count). The van der Waals surface area contributed by atoms with Crippen molar-refractivity contribution in [2.75, 3.05) is 14.2 Å². The maximum atomic E-state index is 13.0. The Morgan fingerprint density at radius 1 is 1.00 bits per heavy atom. The van der Waals surface area contributed by atoms with Crippen molar-refractivity contribution in [2.24, 2.45) is 0 Å². The molecule has 0 heterocycles. The molecule has 0 saturated carbocycles. The van der Waals surface area contributed by atoms with E-state index in [1.807, 2.05) is 0 Å². The summed E-state index contributed by atoms with van der Waals surface area (Å²) in [7, 11) is 2.46. The molecule has 24 heavy (non-hydrogen) atoms. The van der Waals surface area contributed by atoms with Gasteiger partial charge in [-0.2, -0.15) is 0 Å². The molecule has 0 aliphatic heterocycles. The third-order valence-electron chi connectivity index (χ3n) is 3.16. The minimum atomic E-state index is -0.620. The fraction of sp³-hybridized carbons (Fsp3) is 0.176. The van der Waals surface area contributed by atoms with Crippen LogP contribution in [0.1, 0.15) is 26.3 Å². The molecule has 0 spiro atoms. The minimum Gasteiger partial charge on any atom is -0.489 e. The molecule has 0 aromatic heterocycles. The van der Waals surface area contributed by atoms with E-state index in [9.17, 15) is 14.0 Å². The standard InChI is InChI=1S/C17H14ClFO5/c1-22-16(20)11-5-12(17(21)23-2)7-14(6-11)24-9-10-3-4-13(19)8-15(10)18/h3-8H,9H2,1-2H3. The third-order valence-corrected chi connectivity index (χ3v) is 3.51. The molecular formula is C17H14ClFO5. The SMILES string of the molecule is COC(=O)c1cc(OCc2ccc(F)cc2Cl)cc(C(=O)OC)c1. The predicted octanol–water partition coefficient (Wildman–Crippen LogP) is 3.63. The topological polar surface area (TPSA) is 61.8 Å². The van der Waals surface area contributed by atoms with Gasteiger partial charge in [0.2, 0.25) is 0 Å². The Morgan fingerprint density at radius 2 is 1.58 bits per heavy atom. The van der Waals surface area contributed by atoms with Gasteiger partial charge in [-0.25, -0.2) is 14.0 Å². The van der Waals surface area contributed by atoms with Crippen LogP contribution in [0.2, 0.25) is 5.02 Å². The number of methoxy groups -OCH3 is 2. The fourth-order valence-corrected chi connectivity index (χ4v) is 2.18. The molecule has 7 heteroatoms. The number of carbonyl (C=O) groups is 2. The van der Waals surface area contributed by atoms with E-state index in [4.69, 9.17) is 16.3 Å². The van der Waals surface area contributed by atoms with Crippen molar-refractivity contribution in [2.45, 2.75) is 6.61 Å². The predicted molar refractivity (Wildman–Crippen MR) is 84.9 cm³/mol. The highest BCUT2D eigenvalue weighted by molar-refractivity contribution is 6.31. The Morgan fingerprint density at radius 3 is 2.08 bits per heavy atom. The molecule has 0 aliphatic carbocycles. The maximum Gasteiger partial charge on any atom is 0.338 e. The molecule has 0 atom stereocenters. The fourth-order valence-electron chi connectivity index (χ4n) is 1.95. The smallest absolute Gasteiger partial charge is 0.338 e. The van der Waals surface area contributed by atoms with Crippen LogP contribution >= 0.6 is 11.6 Å². The van der Waals surface area contributed by atoms with Crippen molar-refractivity contribution in [3.8, 4) is 5.75 Å². The largest absolute Gasteiger partial charge is 0.489 e. The summed E-state index contributed by atoms with van der Waals surface area (Å²) in [5.41, 5.74) is 0.836. The Kier molecular flexibility index (Phi) is 5.76. The Balaban J connectivity index is 2.28. The second-order valence-corrected chi connectivity index (χ2v) is 5.16. The Labute approximate surface area is 142 Å². The molecule has 2 aromatic carbocycles. The number of esters is 2. The van der Waals surface area contributed by atoms with Gasteiger partial charge in [0.25, 0.3) is 0 Å². The zero-order valence-electron chi connectivity index (χ0n) is 13.0. The normalized spacial score (nSPS) is 10.2. The molecule has 5 nitrogen and oxygen atoms in total. The summed E-state index contributed by atoms with van der Waals surface area (Å²) in [6.07, 6.45) is 0. The van der Waals surface area contributed by atoms with Gasteiger partial charge in [-0.3, -0.25) is 0 Å². The summed E-state index contributed by atoms with van der Waals surface area (Å²) in [5, 5.41) is 0.215. The first-order valence-electron chi connectivity index (χ1n) is 6.83. The molecule has 0 bridgehead atoms. The van der Waals surface area contributed by atoms with Crippen LogP contribution in [-0.4, -0.2) is 26.2 Å². The third kappa shape index (κ3) is 4.23. The summed E-state index contributed by atoms with van der Waals surface area (Å²) in [4.78, 5) is 23.4.